The van der Waals surface area contributed by atoms with Gasteiger partial charge in [0.25, 0.3) is 0 Å². The summed E-state index contributed by atoms with van der Waals surface area (Å²) in [5.41, 5.74) is 11.5. The molecule has 12 atom stereocenters. The van der Waals surface area contributed by atoms with Gasteiger partial charge in [-0.25, -0.2) is 28.1 Å². The minimum atomic E-state index is -4.95. The average molecular weight is 1990 g/mol. The first-order chi connectivity index (χ1) is 62.3. The van der Waals surface area contributed by atoms with Gasteiger partial charge in [-0.3, -0.25) is 37.3 Å². The van der Waals surface area contributed by atoms with Gasteiger partial charge in [0.1, 0.15) is 54.2 Å². The Balaban J connectivity index is 0.000000843. The third-order valence-corrected chi connectivity index (χ3v) is 23.9. The third-order valence-electron chi connectivity index (χ3n) is 21.9. The van der Waals surface area contributed by atoms with Crippen molar-refractivity contribution in [3.63, 3.8) is 0 Å². The van der Waals surface area contributed by atoms with Crippen LogP contribution in [0.3, 0.4) is 0 Å². The second kappa shape index (κ2) is 55.0. The fourth-order valence-corrected chi connectivity index (χ4v) is 16.3. The molecule has 0 fully saturated rings. The van der Waals surface area contributed by atoms with Gasteiger partial charge in [-0.15, -0.1) is 0 Å². The second-order valence-electron chi connectivity index (χ2n) is 35.6. The van der Waals surface area contributed by atoms with E-state index in [0.29, 0.717) is 46.3 Å². The van der Waals surface area contributed by atoms with Crippen molar-refractivity contribution in [2.75, 3.05) is 19.8 Å². The van der Waals surface area contributed by atoms with Crippen LogP contribution < -0.4 is 69.3 Å². The fourth-order valence-electron chi connectivity index (χ4n) is 14.5. The maximum absolute atomic E-state index is 13.3. The number of allylic oxidation sites excluding steroid dienone is 40. The molecule has 0 spiro atoms. The summed E-state index contributed by atoms with van der Waals surface area (Å²) >= 11 is 0. The Morgan fingerprint density at radius 1 is 0.380 bits per heavy atom. The number of rotatable bonds is 34. The van der Waals surface area contributed by atoms with Gasteiger partial charge in [0.2, 0.25) is 5.76 Å². The van der Waals surface area contributed by atoms with Gasteiger partial charge < -0.3 is 100.0 Å². The van der Waals surface area contributed by atoms with Crippen LogP contribution in [-0.2, 0) is 79.6 Å². The van der Waals surface area contributed by atoms with Crippen LogP contribution in [0.2, 0.25) is 0 Å². The number of esters is 3. The van der Waals surface area contributed by atoms with E-state index in [9.17, 15) is 93.3 Å². The molecule has 7 aliphatic rings. The molecule has 3 heterocycles. The van der Waals surface area contributed by atoms with Crippen molar-refractivity contribution in [1.82, 2.24) is 0 Å². The number of ketones is 4. The minimum absolute atomic E-state index is 0. The number of hydrogen-bond acceptors (Lipinski definition) is 29. The Morgan fingerprint density at radius 2 is 0.606 bits per heavy atom. The normalized spacial score (nSPS) is 24.7. The molecule has 0 aromatic heterocycles. The van der Waals surface area contributed by atoms with Crippen LogP contribution in [0.15, 0.2) is 294 Å². The number of ether oxygens (including phenoxy) is 3. The predicted molar refractivity (Wildman–Crippen MR) is 500 cm³/mol. The molecule has 0 saturated carbocycles. The molecular weight excluding hydrogens is 1860 g/mol. The molecule has 137 heavy (non-hydrogen) atoms. The first kappa shape index (κ1) is 125. The number of phosphoric ester groups is 2. The summed E-state index contributed by atoms with van der Waals surface area (Å²) < 4.78 is 67.8. The molecule has 0 bridgehead atoms. The van der Waals surface area contributed by atoms with Crippen LogP contribution >= 0.6 is 23.5 Å². The Morgan fingerprint density at radius 3 is 0.839 bits per heavy atom. The summed E-state index contributed by atoms with van der Waals surface area (Å²) in [5.74, 6) is -11.8. The number of Topliss-reactive ketones (excluding diaryl/α,β-unsaturated/α-hetero) is 4. The summed E-state index contributed by atoms with van der Waals surface area (Å²) in [6.45, 7) is 35.7. The SMILES string of the molecule is CC1=C(/C=C/C(C)=C/C=C/C(C)=C/C=C/C=C(C)/C=C/C=C(C)/C=C/C2=C(C)C(=O)C(O)CC2(C)C)C(C)(C)CC(O)C1=O.CC1=C(/C=C/C(C)=C/C=C/C(C)=C/C=C/C=C(C)/C=C/C=C(C)/C=C/C2=C(C)C(=O)C(OP(=O)(O)OC[C@H](O)[C@H]3OC(=O)C([O-])=C3O)CC2(C)C)C(C)(C)CC(OP(=O)(O)OC[C@H](O)[C@H]2OC(=O)C([O-])=C2O)C1=O.O=C1O[C@H]([C@@H](O)CO)C(O)=C1O.O=P(O)(O)O.[Na+].[Na+]. The van der Waals surface area contributed by atoms with E-state index in [-0.39, 0.29) is 94.4 Å². The Labute approximate surface area is 843 Å². The van der Waals surface area contributed by atoms with E-state index < -0.39 is 179 Å². The minimum Gasteiger partial charge on any atom is -0.865 e. The maximum Gasteiger partial charge on any atom is 1.00 e. The molecule has 7 rings (SSSR count). The van der Waals surface area contributed by atoms with Crippen LogP contribution in [0.25, 0.3) is 0 Å². The summed E-state index contributed by atoms with van der Waals surface area (Å²) in [6.07, 6.45) is 41.2. The number of hydrogen-bond donors (Lipinski definition) is 15. The summed E-state index contributed by atoms with van der Waals surface area (Å²) in [6, 6.07) is 0. The molecule has 0 saturated heterocycles. The number of phosphoric acid groups is 3. The summed E-state index contributed by atoms with van der Waals surface area (Å²) in [7, 11) is -14.5. The zero-order chi connectivity index (χ0) is 103. The molecule has 6 unspecified atom stereocenters. The first-order valence-corrected chi connectivity index (χ1v) is 47.1. The van der Waals surface area contributed by atoms with E-state index >= 15 is 0 Å². The zero-order valence-electron chi connectivity index (χ0n) is 81.2. The van der Waals surface area contributed by atoms with Crippen molar-refractivity contribution in [2.45, 2.75) is 225 Å². The molecule has 15 N–H and O–H groups in total. The van der Waals surface area contributed by atoms with Gasteiger partial charge in [0.15, 0.2) is 47.2 Å². The molecule has 740 valence electrons. The van der Waals surface area contributed by atoms with E-state index in [1.54, 1.807) is 27.7 Å². The van der Waals surface area contributed by atoms with E-state index in [2.05, 4.69) is 80.1 Å². The van der Waals surface area contributed by atoms with Crippen molar-refractivity contribution in [2.24, 2.45) is 21.7 Å². The summed E-state index contributed by atoms with van der Waals surface area (Å²) in [4.78, 5) is 126. The van der Waals surface area contributed by atoms with E-state index in [0.717, 1.165) is 55.7 Å². The quantitative estimate of drug-likeness (QED) is 0.0106. The zero-order valence-corrected chi connectivity index (χ0v) is 87.9. The van der Waals surface area contributed by atoms with Crippen LogP contribution in [-0.4, -0.2) is 197 Å². The standard InChI is InChI=1S/C52H66O20P2.C40H52O4.C6H8O6.2Na.H3O4P/c1-29(17-13-19-31(3)21-23-35-33(5)41(55)39(25-51(35,7)8)71-73(63,64)67-27-37(53)47-43(57)45(59)49(61)69-47)15-11-12-16-30(2)18-14-20-32(4)22-24-36-34(6)42(56)40(26-52(36,9)10)72-74(65,66)68-28-38(54)48-44(58)46(60)50(62)70-48;1-27(17-13-19-29(3)21-23-33-31(5)37(43)35(41)25-39(33,7)8)15-11-12-16-28(2)18-14-20-30(4)22-24-34-32(6)38(44)36(42)26-40(34,9)10;7-1-2(8)5-3(9)4(10)6(11)12-5;;;1-5(2,3)4/h11-24,37-40,47-48,53-54,57-60H,25-28H2,1-10H3,(H,63,64)(H,65,66);11-24,35-36,41-42H,25-26H2,1-10H3;2,5,7-10H,1H2;;;(H3,1,2,3,4)/q;;;2*+1;/p-2/b12-11+,17-13+,18-14+,23-21+,24-22+,29-15+,30-16+,31-19+,32-20+;12-11+,17-13+,18-14+,23-21+,24-22+,27-15+,28-16+,29-19+,30-20+;;;;/t37-,38-,39?,40?,47+,48+;;2-,5+;;;/m0.0.../s1. The van der Waals surface area contributed by atoms with Crippen molar-refractivity contribution in [1.29, 1.82) is 0 Å². The number of aliphatic hydroxyl groups is 10. The number of aliphatic hydroxyl groups excluding tert-OH is 10. The van der Waals surface area contributed by atoms with Crippen molar-refractivity contribution < 1.29 is 224 Å². The smallest absolute Gasteiger partial charge is 0.865 e. The monoisotopic (exact) mass is 1990 g/mol. The summed E-state index contributed by atoms with van der Waals surface area (Å²) in [5, 5.41) is 118. The van der Waals surface area contributed by atoms with Crippen LogP contribution in [0.1, 0.15) is 164 Å². The molecule has 0 radical (unpaired) electrons. The van der Waals surface area contributed by atoms with E-state index in [4.69, 9.17) is 57.8 Å². The van der Waals surface area contributed by atoms with Crippen LogP contribution in [0.4, 0.5) is 0 Å². The molecule has 0 aromatic carbocycles. The van der Waals surface area contributed by atoms with Crippen molar-refractivity contribution in [3.05, 3.63) is 294 Å². The van der Waals surface area contributed by atoms with Crippen LogP contribution in [0.5, 0.6) is 0 Å². The van der Waals surface area contributed by atoms with Crippen molar-refractivity contribution in [3.8, 4) is 0 Å². The van der Waals surface area contributed by atoms with Gasteiger partial charge in [-0.1, -0.05) is 270 Å². The molecule has 4 aliphatic carbocycles. The maximum atomic E-state index is 13.3. The van der Waals surface area contributed by atoms with Gasteiger partial charge in [-0.05, 0) is 175 Å². The van der Waals surface area contributed by atoms with Gasteiger partial charge in [-0.2, -0.15) is 0 Å². The number of carbonyl (C=O) groups is 7. The second-order valence-corrected chi connectivity index (χ2v) is 39.4. The molecule has 34 nitrogen and oxygen atoms in total. The van der Waals surface area contributed by atoms with Crippen LogP contribution in [0, 0.1) is 21.7 Å². The Hall–Kier alpha value is -8.52. The first-order valence-electron chi connectivity index (χ1n) is 42.6. The molecular formula is C98H127Na2O34P3. The molecule has 0 amide bonds. The largest absolute Gasteiger partial charge is 1.00 e. The molecule has 39 heteroatoms. The Kier molecular flexibility index (Phi) is 50.0. The van der Waals surface area contributed by atoms with E-state index in [1.807, 2.05) is 215 Å². The van der Waals surface area contributed by atoms with Gasteiger partial charge in [0.05, 0.1) is 19.8 Å². The fraction of sp³-hybridized carbons (Fsp3) is 0.418. The number of cyclic esters (lactones) is 3. The van der Waals surface area contributed by atoms with Gasteiger partial charge >= 0.3 is 100 Å². The molecule has 3 aliphatic heterocycles. The van der Waals surface area contributed by atoms with E-state index in [1.165, 1.54) is 0 Å². The Bertz CT molecular complexity index is 5170. The third kappa shape index (κ3) is 39.5. The topological polar surface area (TPSA) is 585 Å². The average Bonchev–Trinajstić information content (AvgIpc) is 1.25. The predicted octanol–water partition coefficient (Wildman–Crippen LogP) is 6.60. The number of carbonyl (C=O) groups excluding carboxylic acids is 7. The molecule has 0 aromatic rings. The van der Waals surface area contributed by atoms with Gasteiger partial charge in [0, 0.05) is 11.5 Å². The van der Waals surface area contributed by atoms with Crippen molar-refractivity contribution >= 4 is 64.5 Å².